The van der Waals surface area contributed by atoms with E-state index in [1.54, 1.807) is 19.1 Å². The predicted molar refractivity (Wildman–Crippen MR) is 86.0 cm³/mol. The molecule has 9 heteroatoms. The van der Waals surface area contributed by atoms with Crippen molar-refractivity contribution in [2.45, 2.75) is 12.7 Å². The Bertz CT molecular complexity index is 896. The van der Waals surface area contributed by atoms with Crippen LogP contribution in [0.4, 0.5) is 5.69 Å². The fourth-order valence-electron chi connectivity index (χ4n) is 2.02. The molecule has 2 rings (SSSR count). The third-order valence-electron chi connectivity index (χ3n) is 3.17. The average molecular weight is 357 g/mol. The molecule has 0 bridgehead atoms. The lowest BCUT2D eigenvalue weighted by Crippen LogP contribution is -2.06. The number of rotatable bonds is 4. The molecule has 0 spiro atoms. The summed E-state index contributed by atoms with van der Waals surface area (Å²) < 4.78 is 31.1. The molecule has 122 valence electrons. The van der Waals surface area contributed by atoms with Gasteiger partial charge >= 0.3 is 5.97 Å². The number of hydrogen-bond acceptors (Lipinski definition) is 5. The molecule has 1 aromatic heterocycles. The maximum atomic E-state index is 11.2. The van der Waals surface area contributed by atoms with Gasteiger partial charge in [-0.1, -0.05) is 23.7 Å². The van der Waals surface area contributed by atoms with Crippen LogP contribution in [0.1, 0.15) is 21.6 Å². The highest BCUT2D eigenvalue weighted by Crippen LogP contribution is 2.29. The molecule has 0 unspecified atom stereocenters. The summed E-state index contributed by atoms with van der Waals surface area (Å²) in [7, 11) is -4.20. The van der Waals surface area contributed by atoms with Crippen molar-refractivity contribution in [2.75, 3.05) is 5.73 Å². The van der Waals surface area contributed by atoms with Crippen LogP contribution in [0.15, 0.2) is 24.3 Å². The summed E-state index contributed by atoms with van der Waals surface area (Å²) in [5.74, 6) is -1.88. The lowest BCUT2D eigenvalue weighted by Gasteiger charge is -2.10. The van der Waals surface area contributed by atoms with Crippen molar-refractivity contribution in [3.8, 4) is 11.3 Å². The second kappa shape index (κ2) is 6.15. The topological polar surface area (TPSA) is 131 Å². The Morgan fingerprint density at radius 2 is 2.00 bits per heavy atom. The molecule has 0 aliphatic heterocycles. The molecular weight excluding hydrogens is 344 g/mol. The highest BCUT2D eigenvalue weighted by atomic mass is 35.5. The van der Waals surface area contributed by atoms with E-state index in [0.29, 0.717) is 16.7 Å². The zero-order chi connectivity index (χ0) is 17.4. The molecule has 2 aromatic rings. The fraction of sp³-hybridized carbons (Fsp3) is 0.143. The fourth-order valence-corrected chi connectivity index (χ4v) is 2.90. The van der Waals surface area contributed by atoms with Gasteiger partial charge in [0.1, 0.15) is 5.75 Å². The molecule has 7 nitrogen and oxygen atoms in total. The highest BCUT2D eigenvalue weighted by Gasteiger charge is 2.17. The van der Waals surface area contributed by atoms with E-state index in [2.05, 4.69) is 4.98 Å². The number of aromatic nitrogens is 1. The molecule has 0 aliphatic carbocycles. The first kappa shape index (κ1) is 17.2. The summed E-state index contributed by atoms with van der Waals surface area (Å²) in [6.07, 6.45) is 0. The second-order valence-electron chi connectivity index (χ2n) is 4.93. The number of aromatic carboxylic acids is 1. The van der Waals surface area contributed by atoms with Gasteiger partial charge in [0.05, 0.1) is 16.4 Å². The van der Waals surface area contributed by atoms with E-state index in [1.807, 2.05) is 0 Å². The molecule has 0 amide bonds. The average Bonchev–Trinajstić information content (AvgIpc) is 2.42. The predicted octanol–water partition coefficient (Wildman–Crippen LogP) is 2.38. The lowest BCUT2D eigenvalue weighted by atomic mass is 10.0. The summed E-state index contributed by atoms with van der Waals surface area (Å²) in [5, 5.41) is 8.94. The Labute approximate surface area is 137 Å². The molecule has 1 heterocycles. The van der Waals surface area contributed by atoms with Crippen LogP contribution in [0.3, 0.4) is 0 Å². The molecule has 4 N–H and O–H groups in total. The molecule has 0 saturated heterocycles. The third-order valence-corrected chi connectivity index (χ3v) is 4.24. The van der Waals surface area contributed by atoms with E-state index in [1.165, 1.54) is 12.1 Å². The minimum Gasteiger partial charge on any atom is -0.476 e. The van der Waals surface area contributed by atoms with Crippen LogP contribution in [0.2, 0.25) is 5.02 Å². The minimum absolute atomic E-state index is 0.0472. The molecule has 0 atom stereocenters. The number of carboxylic acid groups (broad SMARTS) is 1. The standard InChI is InChI=1S/C14H13ClN2O5S/c1-7-2-3-8(4-9(7)6-23(20,21)22)11-5-10(16)12(15)13(17-11)14(18)19/h2-5H,6H2,1H3,(H2,16,17)(H,18,19)(H,20,21,22). The van der Waals surface area contributed by atoms with Crippen LogP contribution < -0.4 is 5.73 Å². The van der Waals surface area contributed by atoms with Gasteiger partial charge in [0.15, 0.2) is 5.69 Å². The summed E-state index contributed by atoms with van der Waals surface area (Å²) in [4.78, 5) is 15.1. The van der Waals surface area contributed by atoms with E-state index in [-0.39, 0.29) is 16.4 Å². The number of carboxylic acids is 1. The first-order valence-electron chi connectivity index (χ1n) is 6.33. The van der Waals surface area contributed by atoms with Gasteiger partial charge in [-0.25, -0.2) is 9.78 Å². The van der Waals surface area contributed by atoms with Crippen LogP contribution >= 0.6 is 11.6 Å². The van der Waals surface area contributed by atoms with Gasteiger partial charge in [-0.15, -0.1) is 0 Å². The smallest absolute Gasteiger partial charge is 0.356 e. The van der Waals surface area contributed by atoms with Gasteiger partial charge in [0.25, 0.3) is 10.1 Å². The number of hydrogen-bond donors (Lipinski definition) is 3. The zero-order valence-electron chi connectivity index (χ0n) is 11.9. The highest BCUT2D eigenvalue weighted by molar-refractivity contribution is 7.85. The monoisotopic (exact) mass is 356 g/mol. The van der Waals surface area contributed by atoms with Crippen molar-refractivity contribution in [1.82, 2.24) is 4.98 Å². The number of aryl methyl sites for hydroxylation is 1. The van der Waals surface area contributed by atoms with Crippen molar-refractivity contribution in [1.29, 1.82) is 0 Å². The molecular formula is C14H13ClN2O5S. The van der Waals surface area contributed by atoms with E-state index < -0.39 is 27.5 Å². The second-order valence-corrected chi connectivity index (χ2v) is 6.76. The summed E-state index contributed by atoms with van der Waals surface area (Å²) in [6, 6.07) is 6.19. The Morgan fingerprint density at radius 3 is 2.57 bits per heavy atom. The SMILES string of the molecule is Cc1ccc(-c2cc(N)c(Cl)c(C(=O)O)n2)cc1CS(=O)(=O)O. The number of anilines is 1. The zero-order valence-corrected chi connectivity index (χ0v) is 13.5. The number of carbonyl (C=O) groups is 1. The van der Waals surface area contributed by atoms with Crippen LogP contribution in [0, 0.1) is 6.92 Å². The minimum atomic E-state index is -4.20. The quantitative estimate of drug-likeness (QED) is 0.716. The number of nitrogens with zero attached hydrogens (tertiary/aromatic N) is 1. The molecule has 0 saturated carbocycles. The number of pyridine rings is 1. The van der Waals surface area contributed by atoms with Gasteiger partial charge in [0, 0.05) is 5.56 Å². The Hall–Kier alpha value is -2.16. The molecule has 0 fully saturated rings. The third kappa shape index (κ3) is 3.98. The van der Waals surface area contributed by atoms with Crippen molar-refractivity contribution >= 4 is 33.4 Å². The van der Waals surface area contributed by atoms with Gasteiger partial charge < -0.3 is 10.8 Å². The largest absolute Gasteiger partial charge is 0.476 e. The van der Waals surface area contributed by atoms with Crippen LogP contribution in [0.25, 0.3) is 11.3 Å². The van der Waals surface area contributed by atoms with E-state index >= 15 is 0 Å². The first-order valence-corrected chi connectivity index (χ1v) is 8.31. The number of nitrogen functional groups attached to an aromatic ring is 1. The van der Waals surface area contributed by atoms with Crippen LogP contribution in [-0.4, -0.2) is 29.0 Å². The molecule has 23 heavy (non-hydrogen) atoms. The van der Waals surface area contributed by atoms with Crippen molar-refractivity contribution in [3.63, 3.8) is 0 Å². The van der Waals surface area contributed by atoms with Gasteiger partial charge in [-0.05, 0) is 30.2 Å². The number of halogens is 1. The number of benzene rings is 1. The van der Waals surface area contributed by atoms with Gasteiger partial charge in [-0.2, -0.15) is 8.42 Å². The molecule has 0 aliphatic rings. The maximum absolute atomic E-state index is 11.2. The molecule has 1 aromatic carbocycles. The van der Waals surface area contributed by atoms with Crippen molar-refractivity contribution < 1.29 is 22.9 Å². The van der Waals surface area contributed by atoms with Gasteiger partial charge in [-0.3, -0.25) is 4.55 Å². The van der Waals surface area contributed by atoms with Gasteiger partial charge in [0.2, 0.25) is 0 Å². The molecule has 0 radical (unpaired) electrons. The van der Waals surface area contributed by atoms with Crippen molar-refractivity contribution in [2.24, 2.45) is 0 Å². The first-order chi connectivity index (χ1) is 10.6. The van der Waals surface area contributed by atoms with E-state index in [0.717, 1.165) is 0 Å². The Kier molecular flexibility index (Phi) is 4.60. The Morgan fingerprint density at radius 1 is 1.35 bits per heavy atom. The lowest BCUT2D eigenvalue weighted by molar-refractivity contribution is 0.0691. The summed E-state index contributed by atoms with van der Waals surface area (Å²) in [5.41, 5.74) is 7.08. The number of nitrogens with two attached hydrogens (primary N) is 1. The van der Waals surface area contributed by atoms with Crippen LogP contribution in [0.5, 0.6) is 0 Å². The summed E-state index contributed by atoms with van der Waals surface area (Å²) >= 11 is 5.81. The summed E-state index contributed by atoms with van der Waals surface area (Å²) in [6.45, 7) is 1.69. The Balaban J connectivity index is 2.59. The van der Waals surface area contributed by atoms with E-state index in [4.69, 9.17) is 27.0 Å². The van der Waals surface area contributed by atoms with Crippen molar-refractivity contribution in [3.05, 3.63) is 46.1 Å². The maximum Gasteiger partial charge on any atom is 0.356 e. The van der Waals surface area contributed by atoms with E-state index in [9.17, 15) is 13.2 Å². The normalized spacial score (nSPS) is 11.4. The van der Waals surface area contributed by atoms with Crippen LogP contribution in [-0.2, 0) is 15.9 Å².